The van der Waals surface area contributed by atoms with Crippen LogP contribution in [0.25, 0.3) is 0 Å². The van der Waals surface area contributed by atoms with E-state index < -0.39 is 0 Å². The first-order chi connectivity index (χ1) is 11.6. The highest BCUT2D eigenvalue weighted by molar-refractivity contribution is 7.98. The van der Waals surface area contributed by atoms with Crippen LogP contribution >= 0.6 is 11.8 Å². The molecule has 0 saturated carbocycles. The van der Waals surface area contributed by atoms with Crippen molar-refractivity contribution < 1.29 is 4.79 Å². The monoisotopic (exact) mass is 343 g/mol. The van der Waals surface area contributed by atoms with Gasteiger partial charge in [-0.25, -0.2) is 0 Å². The quantitative estimate of drug-likeness (QED) is 0.383. The number of carbonyl (C=O) groups excluding carboxylic acids is 1. The van der Waals surface area contributed by atoms with Gasteiger partial charge in [-0.15, -0.1) is 11.8 Å². The van der Waals surface area contributed by atoms with E-state index in [1.165, 1.54) is 10.5 Å². The van der Waals surface area contributed by atoms with Crippen LogP contribution in [-0.4, -0.2) is 18.7 Å². The Labute approximate surface area is 151 Å². The largest absolute Gasteiger partial charge is 0.312 e. The number of anilines is 1. The first-order valence-corrected chi connectivity index (χ1v) is 9.69. The van der Waals surface area contributed by atoms with E-state index in [1.54, 1.807) is 17.8 Å². The van der Waals surface area contributed by atoms with Crippen LogP contribution < -0.4 is 4.90 Å². The molecule has 0 N–H and O–H groups in total. The predicted octanol–water partition coefficient (Wildman–Crippen LogP) is 5.79. The van der Waals surface area contributed by atoms with E-state index in [1.807, 2.05) is 30.9 Å². The molecule has 0 aromatic heterocycles. The number of carbonyl (C=O) groups is 1. The molecule has 0 unspecified atom stereocenters. The summed E-state index contributed by atoms with van der Waals surface area (Å²) >= 11 is 1.74. The van der Waals surface area contributed by atoms with Gasteiger partial charge in [0.2, 0.25) is 5.91 Å². The second-order valence-corrected chi connectivity index (χ2v) is 6.40. The van der Waals surface area contributed by atoms with Crippen molar-refractivity contribution in [3.8, 4) is 0 Å². The van der Waals surface area contributed by atoms with E-state index in [-0.39, 0.29) is 5.91 Å². The van der Waals surface area contributed by atoms with Crippen LogP contribution in [-0.2, 0) is 11.2 Å². The number of thioether (sulfide) groups is 1. The minimum Gasteiger partial charge on any atom is -0.312 e. The molecule has 0 fully saturated rings. The number of allylic oxidation sites excluding steroid dienone is 4. The second-order valence-electron chi connectivity index (χ2n) is 5.52. The molecule has 2 rings (SSSR count). The van der Waals surface area contributed by atoms with Gasteiger partial charge >= 0.3 is 0 Å². The molecule has 0 spiro atoms. The van der Waals surface area contributed by atoms with E-state index >= 15 is 0 Å². The summed E-state index contributed by atoms with van der Waals surface area (Å²) < 4.78 is 0. The van der Waals surface area contributed by atoms with Gasteiger partial charge in [-0.05, 0) is 62.3 Å². The van der Waals surface area contributed by atoms with Crippen molar-refractivity contribution >= 4 is 23.4 Å². The Balaban J connectivity index is 0.000000648. The normalized spacial score (nSPS) is 13.5. The molecule has 0 aliphatic carbocycles. The maximum atomic E-state index is 12.4. The molecule has 1 aliphatic rings. The molecule has 2 nitrogen and oxygen atoms in total. The standard InChI is InChI=1S/C17H21NOS.C4H8/c1-4-6-13(5-2)11-17(19)18-10-9-14-12-15(20-3)7-8-16(14)18;1-3-4-2/h5-8,12H,2,4,9-11H2,1,3H3;3-4H,1-2H3/b13-6-;4-3-. The maximum Gasteiger partial charge on any atom is 0.231 e. The molecule has 3 heteroatoms. The van der Waals surface area contributed by atoms with Gasteiger partial charge in [0.15, 0.2) is 0 Å². The molecule has 0 bridgehead atoms. The van der Waals surface area contributed by atoms with Crippen molar-refractivity contribution in [3.63, 3.8) is 0 Å². The number of hydrogen-bond donors (Lipinski definition) is 0. The Morgan fingerprint density at radius 1 is 1.33 bits per heavy atom. The van der Waals surface area contributed by atoms with Crippen LogP contribution in [0.5, 0.6) is 0 Å². The zero-order valence-corrected chi connectivity index (χ0v) is 16.2. The Kier molecular flexibility index (Phi) is 9.24. The van der Waals surface area contributed by atoms with Crippen molar-refractivity contribution in [1.29, 1.82) is 0 Å². The van der Waals surface area contributed by atoms with Crippen molar-refractivity contribution in [3.05, 3.63) is 60.2 Å². The van der Waals surface area contributed by atoms with Crippen LogP contribution in [0.2, 0.25) is 0 Å². The van der Waals surface area contributed by atoms with Crippen LogP contribution in [0.15, 0.2) is 59.6 Å². The Bertz CT molecular complexity index is 612. The van der Waals surface area contributed by atoms with Gasteiger partial charge in [-0.1, -0.05) is 37.8 Å². The summed E-state index contributed by atoms with van der Waals surface area (Å²) in [5, 5.41) is 0. The van der Waals surface area contributed by atoms with Crippen LogP contribution in [0.1, 0.15) is 39.2 Å². The Morgan fingerprint density at radius 2 is 2.04 bits per heavy atom. The van der Waals surface area contributed by atoms with E-state index in [9.17, 15) is 4.79 Å². The zero-order chi connectivity index (χ0) is 17.9. The molecule has 1 aromatic rings. The van der Waals surface area contributed by atoms with Crippen LogP contribution in [0.3, 0.4) is 0 Å². The van der Waals surface area contributed by atoms with Crippen LogP contribution in [0.4, 0.5) is 5.69 Å². The summed E-state index contributed by atoms with van der Waals surface area (Å²) in [6.45, 7) is 10.7. The molecule has 1 amide bonds. The number of hydrogen-bond acceptors (Lipinski definition) is 2. The number of amides is 1. The summed E-state index contributed by atoms with van der Waals surface area (Å²) in [7, 11) is 0. The molecule has 0 atom stereocenters. The minimum atomic E-state index is 0.167. The van der Waals surface area contributed by atoms with E-state index in [0.717, 1.165) is 30.6 Å². The molecule has 1 heterocycles. The summed E-state index contributed by atoms with van der Waals surface area (Å²) in [5.74, 6) is 0.167. The highest BCUT2D eigenvalue weighted by Crippen LogP contribution is 2.32. The molecule has 1 aromatic carbocycles. The molecule has 24 heavy (non-hydrogen) atoms. The fourth-order valence-electron chi connectivity index (χ4n) is 2.52. The van der Waals surface area contributed by atoms with Gasteiger partial charge in [-0.3, -0.25) is 4.79 Å². The van der Waals surface area contributed by atoms with E-state index in [2.05, 4.69) is 44.0 Å². The third-order valence-corrected chi connectivity index (χ3v) is 4.63. The lowest BCUT2D eigenvalue weighted by atomic mass is 10.1. The van der Waals surface area contributed by atoms with Gasteiger partial charge < -0.3 is 4.90 Å². The average Bonchev–Trinajstić information content (AvgIpc) is 3.04. The van der Waals surface area contributed by atoms with Gasteiger partial charge in [0, 0.05) is 17.1 Å². The minimum absolute atomic E-state index is 0.167. The topological polar surface area (TPSA) is 20.3 Å². The maximum absolute atomic E-state index is 12.4. The third kappa shape index (κ3) is 5.72. The fraction of sp³-hybridized carbons (Fsp3) is 0.381. The molecule has 0 saturated heterocycles. The molecular weight excluding hydrogens is 314 g/mol. The SMILES string of the molecule is C/C=C\C.C=C/C(=C/CC)CC(=O)N1CCc2cc(SC)ccc21. The summed E-state index contributed by atoms with van der Waals surface area (Å²) in [4.78, 5) is 15.6. The lowest BCUT2D eigenvalue weighted by Gasteiger charge is -2.18. The number of benzene rings is 1. The van der Waals surface area contributed by atoms with Gasteiger partial charge in [-0.2, -0.15) is 0 Å². The second kappa shape index (κ2) is 10.9. The van der Waals surface area contributed by atoms with E-state index in [0.29, 0.717) is 6.42 Å². The fourth-order valence-corrected chi connectivity index (χ4v) is 2.99. The highest BCUT2D eigenvalue weighted by Gasteiger charge is 2.24. The lowest BCUT2D eigenvalue weighted by molar-refractivity contribution is -0.117. The highest BCUT2D eigenvalue weighted by atomic mass is 32.2. The molecule has 1 aliphatic heterocycles. The van der Waals surface area contributed by atoms with Crippen molar-refractivity contribution in [1.82, 2.24) is 0 Å². The Hall–Kier alpha value is -1.74. The van der Waals surface area contributed by atoms with Gasteiger partial charge in [0.05, 0.1) is 6.42 Å². The first kappa shape index (κ1) is 20.3. The van der Waals surface area contributed by atoms with Crippen molar-refractivity contribution in [2.75, 3.05) is 17.7 Å². The average molecular weight is 344 g/mol. The summed E-state index contributed by atoms with van der Waals surface area (Å²) in [6, 6.07) is 6.36. The number of fused-ring (bicyclic) bond motifs is 1. The summed E-state index contributed by atoms with van der Waals surface area (Å²) in [6.07, 6.45) is 12.3. The molecule has 0 radical (unpaired) electrons. The van der Waals surface area contributed by atoms with Gasteiger partial charge in [0.1, 0.15) is 0 Å². The Morgan fingerprint density at radius 3 is 2.58 bits per heavy atom. The predicted molar refractivity (Wildman–Crippen MR) is 108 cm³/mol. The molecular formula is C21H29NOS. The van der Waals surface area contributed by atoms with Crippen molar-refractivity contribution in [2.45, 2.75) is 44.9 Å². The summed E-state index contributed by atoms with van der Waals surface area (Å²) in [5.41, 5.74) is 3.38. The van der Waals surface area contributed by atoms with E-state index in [4.69, 9.17) is 0 Å². The third-order valence-electron chi connectivity index (χ3n) is 3.90. The lowest BCUT2D eigenvalue weighted by Crippen LogP contribution is -2.28. The van der Waals surface area contributed by atoms with Crippen LogP contribution in [0, 0.1) is 0 Å². The first-order valence-electron chi connectivity index (χ1n) is 8.47. The number of nitrogens with zero attached hydrogens (tertiary/aromatic N) is 1. The zero-order valence-electron chi connectivity index (χ0n) is 15.3. The smallest absolute Gasteiger partial charge is 0.231 e. The number of rotatable bonds is 5. The van der Waals surface area contributed by atoms with Gasteiger partial charge in [0.25, 0.3) is 0 Å². The van der Waals surface area contributed by atoms with Crippen molar-refractivity contribution in [2.24, 2.45) is 0 Å². The molecule has 130 valence electrons.